The van der Waals surface area contributed by atoms with Gasteiger partial charge in [0.05, 0.1) is 0 Å². The number of carbonyl (C=O) groups excluding carboxylic acids is 1. The Bertz CT molecular complexity index is 346. The first-order valence-corrected chi connectivity index (χ1v) is 5.15. The van der Waals surface area contributed by atoms with Crippen LogP contribution in [-0.2, 0) is 6.54 Å². The van der Waals surface area contributed by atoms with Crippen LogP contribution in [0.5, 0.6) is 0 Å². The molecule has 1 rings (SSSR count). The van der Waals surface area contributed by atoms with Crippen LogP contribution in [0.4, 0.5) is 4.79 Å². The van der Waals surface area contributed by atoms with Gasteiger partial charge in [-0.2, -0.15) is 0 Å². The Labute approximate surface area is 99.0 Å². The smallest absolute Gasteiger partial charge is 0.317 e. The minimum Gasteiger partial charge on any atom is -0.334 e. The molecule has 0 aliphatic heterocycles. The first-order chi connectivity index (χ1) is 6.99. The van der Waals surface area contributed by atoms with E-state index in [9.17, 15) is 4.79 Å². The van der Waals surface area contributed by atoms with E-state index in [1.165, 1.54) is 4.90 Å². The van der Waals surface area contributed by atoms with E-state index in [-0.39, 0.29) is 6.03 Å². The van der Waals surface area contributed by atoms with Gasteiger partial charge in [-0.3, -0.25) is 0 Å². The molecule has 0 atom stereocenters. The standard InChI is InChI=1S/C10H12Cl2N2O/c1-14(2)10(15)13-6-7-3-8(11)5-9(12)4-7/h3-5H,6H2,1-2H3,(H,13,15). The van der Waals surface area contributed by atoms with Crippen molar-refractivity contribution in [2.75, 3.05) is 14.1 Å². The van der Waals surface area contributed by atoms with Crippen LogP contribution in [0.3, 0.4) is 0 Å². The number of rotatable bonds is 2. The van der Waals surface area contributed by atoms with E-state index < -0.39 is 0 Å². The van der Waals surface area contributed by atoms with Crippen molar-refractivity contribution in [3.05, 3.63) is 33.8 Å². The second kappa shape index (κ2) is 5.24. The van der Waals surface area contributed by atoms with Crippen LogP contribution in [-0.4, -0.2) is 25.0 Å². The lowest BCUT2D eigenvalue weighted by molar-refractivity contribution is 0.217. The summed E-state index contributed by atoms with van der Waals surface area (Å²) >= 11 is 11.6. The van der Waals surface area contributed by atoms with Gasteiger partial charge in [-0.1, -0.05) is 23.2 Å². The maximum atomic E-state index is 11.2. The molecule has 0 aliphatic carbocycles. The molecule has 0 unspecified atom stereocenters. The van der Waals surface area contributed by atoms with Gasteiger partial charge in [-0.15, -0.1) is 0 Å². The van der Waals surface area contributed by atoms with Crippen LogP contribution in [0.15, 0.2) is 18.2 Å². The Morgan fingerprint density at radius 2 is 1.80 bits per heavy atom. The average molecular weight is 247 g/mol. The topological polar surface area (TPSA) is 32.3 Å². The van der Waals surface area contributed by atoms with Crippen molar-refractivity contribution in [1.82, 2.24) is 10.2 Å². The monoisotopic (exact) mass is 246 g/mol. The van der Waals surface area contributed by atoms with Crippen LogP contribution in [0.2, 0.25) is 10.0 Å². The first-order valence-electron chi connectivity index (χ1n) is 4.39. The van der Waals surface area contributed by atoms with Gasteiger partial charge in [0.1, 0.15) is 0 Å². The highest BCUT2D eigenvalue weighted by Crippen LogP contribution is 2.18. The van der Waals surface area contributed by atoms with Crippen molar-refractivity contribution in [2.24, 2.45) is 0 Å². The molecule has 0 aromatic heterocycles. The van der Waals surface area contributed by atoms with Crippen molar-refractivity contribution in [2.45, 2.75) is 6.54 Å². The van der Waals surface area contributed by atoms with E-state index in [0.29, 0.717) is 16.6 Å². The van der Waals surface area contributed by atoms with Gasteiger partial charge in [0.15, 0.2) is 0 Å². The predicted molar refractivity (Wildman–Crippen MR) is 62.4 cm³/mol. The summed E-state index contributed by atoms with van der Waals surface area (Å²) < 4.78 is 0. The molecule has 0 saturated heterocycles. The SMILES string of the molecule is CN(C)C(=O)NCc1cc(Cl)cc(Cl)c1. The van der Waals surface area contributed by atoms with E-state index in [4.69, 9.17) is 23.2 Å². The van der Waals surface area contributed by atoms with Gasteiger partial charge >= 0.3 is 6.03 Å². The van der Waals surface area contributed by atoms with Gasteiger partial charge in [0.25, 0.3) is 0 Å². The fourth-order valence-corrected chi connectivity index (χ4v) is 1.62. The molecule has 0 aliphatic rings. The number of amides is 2. The van der Waals surface area contributed by atoms with E-state index in [1.54, 1.807) is 32.3 Å². The Morgan fingerprint density at radius 1 is 1.27 bits per heavy atom. The third-order valence-electron chi connectivity index (χ3n) is 1.77. The Kier molecular flexibility index (Phi) is 4.24. The molecule has 0 heterocycles. The summed E-state index contributed by atoms with van der Waals surface area (Å²) in [7, 11) is 3.36. The van der Waals surface area contributed by atoms with Crippen molar-refractivity contribution < 1.29 is 4.79 Å². The van der Waals surface area contributed by atoms with Crippen molar-refractivity contribution in [3.8, 4) is 0 Å². The fraction of sp³-hybridized carbons (Fsp3) is 0.300. The zero-order valence-corrected chi connectivity index (χ0v) is 10.1. The predicted octanol–water partition coefficient (Wildman–Crippen LogP) is 2.76. The molecular weight excluding hydrogens is 235 g/mol. The Morgan fingerprint density at radius 3 is 2.27 bits per heavy atom. The van der Waals surface area contributed by atoms with Crippen LogP contribution in [0.1, 0.15) is 5.56 Å². The third-order valence-corrected chi connectivity index (χ3v) is 2.21. The summed E-state index contributed by atoms with van der Waals surface area (Å²) in [4.78, 5) is 12.7. The van der Waals surface area contributed by atoms with E-state index in [0.717, 1.165) is 5.56 Å². The molecule has 0 bridgehead atoms. The number of urea groups is 1. The molecule has 82 valence electrons. The summed E-state index contributed by atoms with van der Waals surface area (Å²) in [6.45, 7) is 0.414. The molecule has 3 nitrogen and oxygen atoms in total. The summed E-state index contributed by atoms with van der Waals surface area (Å²) in [5.74, 6) is 0. The number of nitrogens with one attached hydrogen (secondary N) is 1. The second-order valence-corrected chi connectivity index (χ2v) is 4.20. The molecule has 2 amide bonds. The maximum absolute atomic E-state index is 11.2. The second-order valence-electron chi connectivity index (χ2n) is 3.33. The molecule has 0 spiro atoms. The van der Waals surface area contributed by atoms with Crippen LogP contribution < -0.4 is 5.32 Å². The lowest BCUT2D eigenvalue weighted by Gasteiger charge is -2.12. The minimum absolute atomic E-state index is 0.147. The van der Waals surface area contributed by atoms with Gasteiger partial charge in [-0.25, -0.2) is 4.79 Å². The highest BCUT2D eigenvalue weighted by atomic mass is 35.5. The molecule has 0 saturated carbocycles. The van der Waals surface area contributed by atoms with Crippen molar-refractivity contribution >= 4 is 29.2 Å². The normalized spacial score (nSPS) is 9.87. The summed E-state index contributed by atoms with van der Waals surface area (Å²) in [5.41, 5.74) is 0.878. The molecule has 1 aromatic carbocycles. The number of hydrogen-bond donors (Lipinski definition) is 1. The molecule has 15 heavy (non-hydrogen) atoms. The summed E-state index contributed by atoms with van der Waals surface area (Å²) in [6, 6.07) is 5.04. The van der Waals surface area contributed by atoms with E-state index >= 15 is 0 Å². The number of nitrogens with zero attached hydrogens (tertiary/aromatic N) is 1. The number of halogens is 2. The molecule has 1 N–H and O–H groups in total. The lowest BCUT2D eigenvalue weighted by atomic mass is 10.2. The molecule has 1 aromatic rings. The van der Waals surface area contributed by atoms with E-state index in [2.05, 4.69) is 5.32 Å². The van der Waals surface area contributed by atoms with Gasteiger partial charge < -0.3 is 10.2 Å². The van der Waals surface area contributed by atoms with Gasteiger partial charge in [0, 0.05) is 30.7 Å². The Hall–Kier alpha value is -0.930. The summed E-state index contributed by atoms with van der Waals surface area (Å²) in [6.07, 6.45) is 0. The highest BCUT2D eigenvalue weighted by molar-refractivity contribution is 6.34. The molecule has 0 fully saturated rings. The highest BCUT2D eigenvalue weighted by Gasteiger charge is 2.03. The zero-order valence-electron chi connectivity index (χ0n) is 8.55. The minimum atomic E-state index is -0.147. The third kappa shape index (κ3) is 3.98. The number of benzene rings is 1. The van der Waals surface area contributed by atoms with Crippen LogP contribution in [0.25, 0.3) is 0 Å². The maximum Gasteiger partial charge on any atom is 0.317 e. The lowest BCUT2D eigenvalue weighted by Crippen LogP contribution is -2.33. The quantitative estimate of drug-likeness (QED) is 0.856. The van der Waals surface area contributed by atoms with E-state index in [1.807, 2.05) is 0 Å². The van der Waals surface area contributed by atoms with Crippen LogP contribution in [0, 0.1) is 0 Å². The fourth-order valence-electron chi connectivity index (χ4n) is 1.05. The van der Waals surface area contributed by atoms with Crippen molar-refractivity contribution in [3.63, 3.8) is 0 Å². The molecule has 5 heteroatoms. The van der Waals surface area contributed by atoms with Crippen LogP contribution >= 0.6 is 23.2 Å². The summed E-state index contributed by atoms with van der Waals surface area (Å²) in [5, 5.41) is 3.86. The van der Waals surface area contributed by atoms with Crippen molar-refractivity contribution in [1.29, 1.82) is 0 Å². The number of carbonyl (C=O) groups is 1. The Balaban J connectivity index is 2.61. The largest absolute Gasteiger partial charge is 0.334 e. The molecular formula is C10H12Cl2N2O. The number of hydrogen-bond acceptors (Lipinski definition) is 1. The molecule has 0 radical (unpaired) electrons. The zero-order chi connectivity index (χ0) is 11.4. The first kappa shape index (κ1) is 12.1. The average Bonchev–Trinajstić information content (AvgIpc) is 2.12. The van der Waals surface area contributed by atoms with Gasteiger partial charge in [-0.05, 0) is 23.8 Å². The van der Waals surface area contributed by atoms with Gasteiger partial charge in [0.2, 0.25) is 0 Å².